The number of aromatic nitrogens is 4. The first-order valence-corrected chi connectivity index (χ1v) is 14.3. The minimum Gasteiger partial charge on any atom is -0.351 e. The highest BCUT2D eigenvalue weighted by atomic mass is 32.2. The molecule has 2 aliphatic heterocycles. The van der Waals surface area contributed by atoms with Gasteiger partial charge < -0.3 is 9.80 Å². The van der Waals surface area contributed by atoms with Crippen molar-refractivity contribution >= 4 is 31.7 Å². The zero-order valence-electron chi connectivity index (χ0n) is 19.1. The summed E-state index contributed by atoms with van der Waals surface area (Å²) in [5.74, 6) is 1.33. The Morgan fingerprint density at radius 3 is 2.03 bits per heavy atom. The number of hydrogen-bond acceptors (Lipinski definition) is 9. The maximum atomic E-state index is 12.8. The van der Waals surface area contributed by atoms with Gasteiger partial charge in [-0.3, -0.25) is 4.68 Å². The van der Waals surface area contributed by atoms with Crippen LogP contribution in [0.25, 0.3) is 0 Å². The standard InChI is InChI=1S/C19H30N8O4S2/c1-4-25(5-2)33(30,31)26-11-8-23(9-12-26)18-19(21-7-6-20-18)24-10-13-27-16(15-24)17(14-22-27)32(3,28)29/h6-7,14H,4-5,8-13,15H2,1-3H3. The number of nitrogens with zero attached hydrogens (tertiary/aromatic N) is 8. The third-order valence-electron chi connectivity index (χ3n) is 6.09. The molecule has 0 N–H and O–H groups in total. The second kappa shape index (κ2) is 9.16. The maximum absolute atomic E-state index is 12.8. The van der Waals surface area contributed by atoms with E-state index in [9.17, 15) is 16.8 Å². The van der Waals surface area contributed by atoms with Gasteiger partial charge >= 0.3 is 0 Å². The van der Waals surface area contributed by atoms with Crippen molar-refractivity contribution in [3.05, 3.63) is 24.3 Å². The summed E-state index contributed by atoms with van der Waals surface area (Å²) in [6, 6.07) is 0. The average molecular weight is 499 g/mol. The monoisotopic (exact) mass is 498 g/mol. The fraction of sp³-hybridized carbons (Fsp3) is 0.632. The van der Waals surface area contributed by atoms with Crippen LogP contribution >= 0.6 is 0 Å². The normalized spacial score (nSPS) is 18.1. The fourth-order valence-corrected chi connectivity index (χ4v) is 6.77. The molecule has 2 aromatic heterocycles. The molecule has 0 aromatic carbocycles. The summed E-state index contributed by atoms with van der Waals surface area (Å²) in [5.41, 5.74) is 0.635. The number of piperazine rings is 1. The molecule has 12 nitrogen and oxygen atoms in total. The summed E-state index contributed by atoms with van der Waals surface area (Å²) in [6.45, 7) is 7.76. The smallest absolute Gasteiger partial charge is 0.282 e. The Labute approximate surface area is 194 Å². The number of hydrogen-bond donors (Lipinski definition) is 0. The molecule has 4 rings (SSSR count). The molecule has 1 fully saturated rings. The van der Waals surface area contributed by atoms with E-state index in [1.165, 1.54) is 21.1 Å². The first kappa shape index (κ1) is 23.9. The summed E-state index contributed by atoms with van der Waals surface area (Å²) >= 11 is 0. The Hall–Kier alpha value is -2.29. The molecule has 14 heteroatoms. The SMILES string of the molecule is CCN(CC)S(=O)(=O)N1CCN(c2nccnc2N2CCn3ncc(S(C)(=O)=O)c3C2)CC1. The molecule has 4 heterocycles. The van der Waals surface area contributed by atoms with Gasteiger partial charge in [0.2, 0.25) is 0 Å². The largest absolute Gasteiger partial charge is 0.351 e. The van der Waals surface area contributed by atoms with E-state index in [1.54, 1.807) is 17.1 Å². The van der Waals surface area contributed by atoms with Crippen LogP contribution in [0.4, 0.5) is 11.6 Å². The highest BCUT2D eigenvalue weighted by molar-refractivity contribution is 7.90. The van der Waals surface area contributed by atoms with Gasteiger partial charge in [0.1, 0.15) is 4.90 Å². The number of rotatable bonds is 7. The predicted octanol–water partition coefficient (Wildman–Crippen LogP) is -0.195. The highest BCUT2D eigenvalue weighted by Gasteiger charge is 2.33. The van der Waals surface area contributed by atoms with Gasteiger partial charge in [-0.1, -0.05) is 13.8 Å². The molecule has 0 bridgehead atoms. The van der Waals surface area contributed by atoms with Crippen molar-refractivity contribution < 1.29 is 16.8 Å². The van der Waals surface area contributed by atoms with Crippen molar-refractivity contribution in [3.8, 4) is 0 Å². The van der Waals surface area contributed by atoms with Crippen LogP contribution in [0.3, 0.4) is 0 Å². The zero-order chi connectivity index (χ0) is 23.8. The molecule has 2 aromatic rings. The maximum Gasteiger partial charge on any atom is 0.282 e. The van der Waals surface area contributed by atoms with Gasteiger partial charge in [0.05, 0.1) is 25.0 Å². The number of anilines is 2. The second-order valence-corrected chi connectivity index (χ2v) is 12.0. The molecule has 182 valence electrons. The summed E-state index contributed by atoms with van der Waals surface area (Å²) in [7, 11) is -6.87. The fourth-order valence-electron chi connectivity index (χ4n) is 4.32. The first-order chi connectivity index (χ1) is 15.7. The van der Waals surface area contributed by atoms with Gasteiger partial charge in [0.15, 0.2) is 21.5 Å². The molecule has 0 unspecified atom stereocenters. The van der Waals surface area contributed by atoms with E-state index in [2.05, 4.69) is 15.1 Å². The average Bonchev–Trinajstić information content (AvgIpc) is 3.24. The molecule has 0 aliphatic carbocycles. The Balaban J connectivity index is 1.54. The first-order valence-electron chi connectivity index (χ1n) is 11.0. The van der Waals surface area contributed by atoms with Gasteiger partial charge in [-0.05, 0) is 0 Å². The molecule has 2 aliphatic rings. The van der Waals surface area contributed by atoms with Crippen LogP contribution in [0, 0.1) is 0 Å². The topological polar surface area (TPSA) is 125 Å². The van der Waals surface area contributed by atoms with Crippen molar-refractivity contribution in [3.63, 3.8) is 0 Å². The van der Waals surface area contributed by atoms with Crippen molar-refractivity contribution in [2.45, 2.75) is 31.8 Å². The molecule has 1 saturated heterocycles. The van der Waals surface area contributed by atoms with E-state index >= 15 is 0 Å². The van der Waals surface area contributed by atoms with Gasteiger partial charge in [-0.15, -0.1) is 0 Å². The second-order valence-electron chi connectivity index (χ2n) is 8.05. The zero-order valence-corrected chi connectivity index (χ0v) is 20.8. The summed E-state index contributed by atoms with van der Waals surface area (Å²) in [6.07, 6.45) is 5.82. The lowest BCUT2D eigenvalue weighted by Crippen LogP contribution is -2.53. The van der Waals surface area contributed by atoms with E-state index in [0.717, 1.165) is 0 Å². The van der Waals surface area contributed by atoms with Crippen LogP contribution in [0.2, 0.25) is 0 Å². The predicted molar refractivity (Wildman–Crippen MR) is 124 cm³/mol. The van der Waals surface area contributed by atoms with E-state index in [-0.39, 0.29) is 4.90 Å². The van der Waals surface area contributed by atoms with Gasteiger partial charge in [-0.2, -0.15) is 22.1 Å². The molecule has 0 spiro atoms. The Morgan fingerprint density at radius 1 is 0.879 bits per heavy atom. The quantitative estimate of drug-likeness (QED) is 0.510. The number of fused-ring (bicyclic) bond motifs is 1. The van der Waals surface area contributed by atoms with Crippen LogP contribution in [0.1, 0.15) is 19.5 Å². The molecule has 33 heavy (non-hydrogen) atoms. The van der Waals surface area contributed by atoms with Gasteiger partial charge in [-0.25, -0.2) is 18.4 Å². The van der Waals surface area contributed by atoms with Crippen molar-refractivity contribution in [1.82, 2.24) is 28.4 Å². The highest BCUT2D eigenvalue weighted by Crippen LogP contribution is 2.30. The number of sulfone groups is 1. The minimum absolute atomic E-state index is 0.230. The Morgan fingerprint density at radius 2 is 1.45 bits per heavy atom. The lowest BCUT2D eigenvalue weighted by atomic mass is 10.3. The summed E-state index contributed by atoms with van der Waals surface area (Å²) in [4.78, 5) is 13.4. The van der Waals surface area contributed by atoms with E-state index in [4.69, 9.17) is 0 Å². The molecular weight excluding hydrogens is 468 g/mol. The van der Waals surface area contributed by atoms with E-state index < -0.39 is 20.0 Å². The van der Waals surface area contributed by atoms with Gasteiger partial charge in [0.25, 0.3) is 10.2 Å². The van der Waals surface area contributed by atoms with Crippen LogP contribution in [0.15, 0.2) is 23.5 Å². The van der Waals surface area contributed by atoms with Crippen LogP contribution < -0.4 is 9.80 Å². The van der Waals surface area contributed by atoms with Crippen LogP contribution in [-0.2, 0) is 33.1 Å². The van der Waals surface area contributed by atoms with Crippen molar-refractivity contribution in [2.24, 2.45) is 0 Å². The van der Waals surface area contributed by atoms with E-state index in [1.807, 2.05) is 23.6 Å². The molecule has 0 radical (unpaired) electrons. The summed E-state index contributed by atoms with van der Waals surface area (Å²) < 4.78 is 54.7. The van der Waals surface area contributed by atoms with E-state index in [0.29, 0.717) is 76.2 Å². The molecule has 0 saturated carbocycles. The third-order valence-corrected chi connectivity index (χ3v) is 9.41. The Bertz CT molecular complexity index is 1200. The molecular formula is C19H30N8O4S2. The van der Waals surface area contributed by atoms with Crippen LogP contribution in [0.5, 0.6) is 0 Å². The lowest BCUT2D eigenvalue weighted by Gasteiger charge is -2.38. The molecule has 0 atom stereocenters. The summed E-state index contributed by atoms with van der Waals surface area (Å²) in [5, 5.41) is 4.22. The third kappa shape index (κ3) is 4.56. The lowest BCUT2D eigenvalue weighted by molar-refractivity contribution is 0.333. The minimum atomic E-state index is -3.48. The molecule has 0 amide bonds. The van der Waals surface area contributed by atoms with Crippen LogP contribution in [-0.4, -0.2) is 97.3 Å². The van der Waals surface area contributed by atoms with Crippen molar-refractivity contribution in [1.29, 1.82) is 0 Å². The Kier molecular flexibility index (Phi) is 6.62. The van der Waals surface area contributed by atoms with Crippen molar-refractivity contribution in [2.75, 3.05) is 61.9 Å². The van der Waals surface area contributed by atoms with Gasteiger partial charge in [0, 0.05) is 64.5 Å².